The lowest BCUT2D eigenvalue weighted by atomic mass is 10.1. The van der Waals surface area contributed by atoms with E-state index in [9.17, 15) is 9.59 Å². The predicted molar refractivity (Wildman–Crippen MR) is 107 cm³/mol. The SMILES string of the molecule is CCC(C(=O)NC)N(Cc1ccccc1C)C(=O)COc1ccccc1C. The maximum Gasteiger partial charge on any atom is 0.261 e. The number of aryl methyl sites for hydroxylation is 2. The Labute approximate surface area is 161 Å². The van der Waals surface area contributed by atoms with Gasteiger partial charge in [0.05, 0.1) is 0 Å². The van der Waals surface area contributed by atoms with Crippen LogP contribution in [-0.4, -0.2) is 36.4 Å². The molecule has 1 unspecified atom stereocenters. The van der Waals surface area contributed by atoms with Crippen molar-refractivity contribution in [2.24, 2.45) is 0 Å². The summed E-state index contributed by atoms with van der Waals surface area (Å²) in [5.41, 5.74) is 3.07. The Bertz CT molecular complexity index is 789. The van der Waals surface area contributed by atoms with E-state index in [1.807, 2.05) is 69.3 Å². The molecule has 1 atom stereocenters. The number of hydrogen-bond acceptors (Lipinski definition) is 3. The lowest BCUT2D eigenvalue weighted by Crippen LogP contribution is -2.49. The third-order valence-corrected chi connectivity index (χ3v) is 4.68. The Kier molecular flexibility index (Phi) is 7.41. The van der Waals surface area contributed by atoms with Gasteiger partial charge in [0, 0.05) is 13.6 Å². The van der Waals surface area contributed by atoms with Crippen LogP contribution in [0.5, 0.6) is 5.75 Å². The Morgan fingerprint density at radius 3 is 2.26 bits per heavy atom. The van der Waals surface area contributed by atoms with Crippen molar-refractivity contribution in [3.05, 3.63) is 65.2 Å². The van der Waals surface area contributed by atoms with Crippen molar-refractivity contribution in [3.63, 3.8) is 0 Å². The highest BCUT2D eigenvalue weighted by Crippen LogP contribution is 2.18. The van der Waals surface area contributed by atoms with Crippen LogP contribution in [0.4, 0.5) is 0 Å². The fourth-order valence-corrected chi connectivity index (χ4v) is 3.00. The average molecular weight is 368 g/mol. The summed E-state index contributed by atoms with van der Waals surface area (Å²) < 4.78 is 5.73. The van der Waals surface area contributed by atoms with Crippen LogP contribution in [0.25, 0.3) is 0 Å². The second kappa shape index (κ2) is 9.76. The minimum atomic E-state index is -0.539. The molecule has 0 spiro atoms. The maximum absolute atomic E-state index is 13.0. The minimum absolute atomic E-state index is 0.107. The van der Waals surface area contributed by atoms with Crippen molar-refractivity contribution in [1.29, 1.82) is 0 Å². The van der Waals surface area contributed by atoms with Gasteiger partial charge in [-0.2, -0.15) is 0 Å². The second-order valence-electron chi connectivity index (χ2n) is 6.54. The number of para-hydroxylation sites is 1. The summed E-state index contributed by atoms with van der Waals surface area (Å²) in [4.78, 5) is 26.9. The van der Waals surface area contributed by atoms with E-state index < -0.39 is 6.04 Å². The smallest absolute Gasteiger partial charge is 0.261 e. The molecule has 0 aliphatic carbocycles. The number of rotatable bonds is 8. The first kappa shape index (κ1) is 20.5. The molecule has 0 aromatic heterocycles. The van der Waals surface area contributed by atoms with Crippen LogP contribution in [0.2, 0.25) is 0 Å². The molecule has 0 saturated carbocycles. The summed E-state index contributed by atoms with van der Waals surface area (Å²) in [6.07, 6.45) is 0.529. The van der Waals surface area contributed by atoms with E-state index in [0.29, 0.717) is 18.7 Å². The van der Waals surface area contributed by atoms with Gasteiger partial charge >= 0.3 is 0 Å². The predicted octanol–water partition coefficient (Wildman–Crippen LogP) is 3.24. The maximum atomic E-state index is 13.0. The molecule has 2 aromatic carbocycles. The Hall–Kier alpha value is -2.82. The number of benzene rings is 2. The largest absolute Gasteiger partial charge is 0.484 e. The first-order valence-corrected chi connectivity index (χ1v) is 9.21. The van der Waals surface area contributed by atoms with E-state index >= 15 is 0 Å². The van der Waals surface area contributed by atoms with Crippen molar-refractivity contribution in [2.75, 3.05) is 13.7 Å². The fourth-order valence-electron chi connectivity index (χ4n) is 3.00. The lowest BCUT2D eigenvalue weighted by Gasteiger charge is -2.30. The summed E-state index contributed by atoms with van der Waals surface area (Å²) in [6, 6.07) is 14.9. The second-order valence-corrected chi connectivity index (χ2v) is 6.54. The molecule has 0 aliphatic rings. The van der Waals surface area contributed by atoms with E-state index in [2.05, 4.69) is 5.32 Å². The first-order valence-electron chi connectivity index (χ1n) is 9.21. The van der Waals surface area contributed by atoms with Gasteiger partial charge in [-0.3, -0.25) is 9.59 Å². The van der Waals surface area contributed by atoms with E-state index in [0.717, 1.165) is 16.7 Å². The van der Waals surface area contributed by atoms with Gasteiger partial charge in [-0.1, -0.05) is 49.4 Å². The molecule has 2 aromatic rings. The molecule has 2 amide bonds. The monoisotopic (exact) mass is 368 g/mol. The van der Waals surface area contributed by atoms with Crippen LogP contribution < -0.4 is 10.1 Å². The van der Waals surface area contributed by atoms with E-state index in [1.165, 1.54) is 0 Å². The normalized spacial score (nSPS) is 11.6. The van der Waals surface area contributed by atoms with Gasteiger partial charge in [0.15, 0.2) is 6.61 Å². The van der Waals surface area contributed by atoms with E-state index in [-0.39, 0.29) is 18.4 Å². The standard InChI is InChI=1S/C22H28N2O3/c1-5-19(22(26)23-4)24(14-18-12-8-6-10-16(18)2)21(25)15-27-20-13-9-7-11-17(20)3/h6-13,19H,5,14-15H2,1-4H3,(H,23,26). The number of nitrogens with one attached hydrogen (secondary N) is 1. The molecule has 5 nitrogen and oxygen atoms in total. The Morgan fingerprint density at radius 2 is 1.67 bits per heavy atom. The van der Waals surface area contributed by atoms with Gasteiger partial charge in [0.1, 0.15) is 11.8 Å². The van der Waals surface area contributed by atoms with Crippen molar-refractivity contribution in [1.82, 2.24) is 10.2 Å². The summed E-state index contributed by atoms with van der Waals surface area (Å²) in [5, 5.41) is 2.66. The highest BCUT2D eigenvalue weighted by molar-refractivity contribution is 5.88. The molecule has 5 heteroatoms. The number of amides is 2. The van der Waals surface area contributed by atoms with Gasteiger partial charge in [-0.15, -0.1) is 0 Å². The number of likely N-dealkylation sites (N-methyl/N-ethyl adjacent to an activating group) is 1. The van der Waals surface area contributed by atoms with Crippen LogP contribution in [0.3, 0.4) is 0 Å². The molecule has 27 heavy (non-hydrogen) atoms. The molecule has 0 heterocycles. The highest BCUT2D eigenvalue weighted by atomic mass is 16.5. The molecule has 2 rings (SSSR count). The number of nitrogens with zero attached hydrogens (tertiary/aromatic N) is 1. The molecular formula is C22H28N2O3. The molecule has 0 fully saturated rings. The van der Waals surface area contributed by atoms with Crippen LogP contribution in [0.1, 0.15) is 30.0 Å². The van der Waals surface area contributed by atoms with Crippen molar-refractivity contribution >= 4 is 11.8 Å². The summed E-state index contributed by atoms with van der Waals surface area (Å²) in [6.45, 7) is 6.10. The quantitative estimate of drug-likeness (QED) is 0.778. The molecule has 1 N–H and O–H groups in total. The van der Waals surface area contributed by atoms with Crippen molar-refractivity contribution < 1.29 is 14.3 Å². The van der Waals surface area contributed by atoms with E-state index in [1.54, 1.807) is 11.9 Å². The van der Waals surface area contributed by atoms with Crippen molar-refractivity contribution in [2.45, 2.75) is 39.8 Å². The molecule has 144 valence electrons. The molecule has 0 bridgehead atoms. The zero-order chi connectivity index (χ0) is 19.8. The first-order chi connectivity index (χ1) is 13.0. The van der Waals surface area contributed by atoms with E-state index in [4.69, 9.17) is 4.74 Å². The zero-order valence-corrected chi connectivity index (χ0v) is 16.5. The van der Waals surface area contributed by atoms with Crippen LogP contribution in [0.15, 0.2) is 48.5 Å². The zero-order valence-electron chi connectivity index (χ0n) is 16.5. The third kappa shape index (κ3) is 5.33. The fraction of sp³-hybridized carbons (Fsp3) is 0.364. The topological polar surface area (TPSA) is 58.6 Å². The number of carbonyl (C=O) groups is 2. The van der Waals surface area contributed by atoms with Gasteiger partial charge in [0.2, 0.25) is 5.91 Å². The van der Waals surface area contributed by atoms with Crippen LogP contribution in [0, 0.1) is 13.8 Å². The summed E-state index contributed by atoms with van der Waals surface area (Å²) >= 11 is 0. The molecular weight excluding hydrogens is 340 g/mol. The lowest BCUT2D eigenvalue weighted by molar-refractivity contribution is -0.142. The van der Waals surface area contributed by atoms with Gasteiger partial charge in [0.25, 0.3) is 5.91 Å². The summed E-state index contributed by atoms with van der Waals surface area (Å²) in [5.74, 6) is 0.293. The minimum Gasteiger partial charge on any atom is -0.484 e. The highest BCUT2D eigenvalue weighted by Gasteiger charge is 2.28. The number of hydrogen-bond donors (Lipinski definition) is 1. The third-order valence-electron chi connectivity index (χ3n) is 4.68. The van der Waals surface area contributed by atoms with Crippen LogP contribution >= 0.6 is 0 Å². The number of carbonyl (C=O) groups excluding carboxylic acids is 2. The van der Waals surface area contributed by atoms with Crippen LogP contribution in [-0.2, 0) is 16.1 Å². The Balaban J connectivity index is 2.22. The molecule has 0 aliphatic heterocycles. The molecule has 0 saturated heterocycles. The van der Waals surface area contributed by atoms with Gasteiger partial charge < -0.3 is 15.0 Å². The number of ether oxygens (including phenoxy) is 1. The van der Waals surface area contributed by atoms with Gasteiger partial charge in [-0.25, -0.2) is 0 Å². The Morgan fingerprint density at radius 1 is 1.04 bits per heavy atom. The molecule has 0 radical (unpaired) electrons. The van der Waals surface area contributed by atoms with Gasteiger partial charge in [-0.05, 0) is 43.0 Å². The summed E-state index contributed by atoms with van der Waals surface area (Å²) in [7, 11) is 1.59. The van der Waals surface area contributed by atoms with Crippen molar-refractivity contribution in [3.8, 4) is 5.75 Å². The average Bonchev–Trinajstić information content (AvgIpc) is 2.68.